The van der Waals surface area contributed by atoms with Gasteiger partial charge in [-0.15, -0.1) is 0 Å². The number of carbonyl (C=O) groups is 1. The second kappa shape index (κ2) is 8.16. The molecule has 1 aromatic carbocycles. The zero-order chi connectivity index (χ0) is 20.4. The molecule has 0 unspecified atom stereocenters. The Bertz CT molecular complexity index is 999. The highest BCUT2D eigenvalue weighted by atomic mass is 32.2. The second-order valence-corrected chi connectivity index (χ2v) is 9.37. The molecule has 2 fully saturated rings. The molecule has 3 heterocycles. The molecule has 0 aliphatic carbocycles. The van der Waals surface area contributed by atoms with Crippen molar-refractivity contribution in [1.29, 1.82) is 0 Å². The Balaban J connectivity index is 1.73. The van der Waals surface area contributed by atoms with Crippen molar-refractivity contribution < 1.29 is 17.9 Å². The van der Waals surface area contributed by atoms with Crippen LogP contribution in [0.15, 0.2) is 30.5 Å². The van der Waals surface area contributed by atoms with Crippen molar-refractivity contribution in [3.63, 3.8) is 0 Å². The number of hydrogen-bond donors (Lipinski definition) is 0. The molecule has 2 aromatic rings. The van der Waals surface area contributed by atoms with Gasteiger partial charge in [-0.1, -0.05) is 0 Å². The van der Waals surface area contributed by atoms with Gasteiger partial charge in [-0.25, -0.2) is 8.42 Å². The Morgan fingerprint density at radius 2 is 1.86 bits per heavy atom. The van der Waals surface area contributed by atoms with Crippen molar-refractivity contribution in [2.75, 3.05) is 61.4 Å². The number of nitrogens with zero attached hydrogens (tertiary/aromatic N) is 4. The number of amides is 1. The van der Waals surface area contributed by atoms with Crippen molar-refractivity contribution in [3.8, 4) is 0 Å². The zero-order valence-corrected chi connectivity index (χ0v) is 17.4. The molecule has 1 amide bonds. The Morgan fingerprint density at radius 1 is 1.14 bits per heavy atom. The van der Waals surface area contributed by atoms with Crippen LogP contribution in [0.25, 0.3) is 10.9 Å². The standard InChI is InChI=1S/C20H26N4O4S/c1-29(26,27)24(15-19(25)23-11-13-28-14-12-23)17-6-7-18(22-9-2-3-10-22)20-16(17)5-4-8-21-20/h4-8H,2-3,9-15H2,1H3. The maximum absolute atomic E-state index is 12.8. The quantitative estimate of drug-likeness (QED) is 0.731. The van der Waals surface area contributed by atoms with Gasteiger partial charge in [0.1, 0.15) is 6.54 Å². The van der Waals surface area contributed by atoms with Crippen molar-refractivity contribution >= 4 is 38.2 Å². The summed E-state index contributed by atoms with van der Waals surface area (Å²) >= 11 is 0. The van der Waals surface area contributed by atoms with Gasteiger partial charge in [0.05, 0.1) is 36.4 Å². The maximum atomic E-state index is 12.8. The first-order valence-electron chi connectivity index (χ1n) is 9.91. The van der Waals surface area contributed by atoms with Crippen LogP contribution >= 0.6 is 0 Å². The Morgan fingerprint density at radius 3 is 2.55 bits per heavy atom. The molecule has 2 aliphatic rings. The molecule has 0 N–H and O–H groups in total. The highest BCUT2D eigenvalue weighted by Crippen LogP contribution is 2.35. The van der Waals surface area contributed by atoms with E-state index < -0.39 is 10.0 Å². The third kappa shape index (κ3) is 4.16. The van der Waals surface area contributed by atoms with Gasteiger partial charge in [-0.2, -0.15) is 0 Å². The zero-order valence-electron chi connectivity index (χ0n) is 16.6. The normalized spacial score (nSPS) is 17.7. The first-order valence-corrected chi connectivity index (χ1v) is 11.8. The van der Waals surface area contributed by atoms with E-state index in [1.807, 2.05) is 12.1 Å². The molecule has 29 heavy (non-hydrogen) atoms. The Labute approximate surface area is 171 Å². The summed E-state index contributed by atoms with van der Waals surface area (Å²) in [5.74, 6) is -0.223. The van der Waals surface area contributed by atoms with Crippen LogP contribution in [0.2, 0.25) is 0 Å². The van der Waals surface area contributed by atoms with Crippen molar-refractivity contribution in [2.24, 2.45) is 0 Å². The van der Waals surface area contributed by atoms with E-state index in [4.69, 9.17) is 4.74 Å². The lowest BCUT2D eigenvalue weighted by molar-refractivity contribution is -0.133. The topological polar surface area (TPSA) is 83.0 Å². The molecular weight excluding hydrogens is 392 g/mol. The first kappa shape index (κ1) is 19.9. The average molecular weight is 419 g/mol. The molecule has 0 spiro atoms. The van der Waals surface area contributed by atoms with E-state index in [2.05, 4.69) is 9.88 Å². The number of fused-ring (bicyclic) bond motifs is 1. The smallest absolute Gasteiger partial charge is 0.243 e. The molecule has 0 bridgehead atoms. The summed E-state index contributed by atoms with van der Waals surface area (Å²) in [4.78, 5) is 21.3. The Kier molecular flexibility index (Phi) is 5.60. The summed E-state index contributed by atoms with van der Waals surface area (Å²) in [6.07, 6.45) is 5.13. The van der Waals surface area contributed by atoms with E-state index in [1.54, 1.807) is 23.2 Å². The van der Waals surface area contributed by atoms with Crippen LogP contribution in [-0.2, 0) is 19.6 Å². The number of anilines is 2. The minimum absolute atomic E-state index is 0.223. The lowest BCUT2D eigenvalue weighted by atomic mass is 10.1. The van der Waals surface area contributed by atoms with Crippen LogP contribution in [0.5, 0.6) is 0 Å². The lowest BCUT2D eigenvalue weighted by Gasteiger charge is -2.30. The number of hydrogen-bond acceptors (Lipinski definition) is 6. The summed E-state index contributed by atoms with van der Waals surface area (Å²) in [6.45, 7) is 3.61. The van der Waals surface area contributed by atoms with Gasteiger partial charge in [-0.3, -0.25) is 14.1 Å². The van der Waals surface area contributed by atoms with E-state index >= 15 is 0 Å². The van der Waals surface area contributed by atoms with E-state index in [0.29, 0.717) is 32.0 Å². The number of carbonyl (C=O) groups excluding carboxylic acids is 1. The highest BCUT2D eigenvalue weighted by Gasteiger charge is 2.27. The molecule has 9 heteroatoms. The number of sulfonamides is 1. The van der Waals surface area contributed by atoms with E-state index in [-0.39, 0.29) is 12.5 Å². The van der Waals surface area contributed by atoms with E-state index in [9.17, 15) is 13.2 Å². The molecule has 8 nitrogen and oxygen atoms in total. The minimum atomic E-state index is -3.66. The second-order valence-electron chi connectivity index (χ2n) is 7.46. The molecule has 0 radical (unpaired) electrons. The van der Waals surface area contributed by atoms with Gasteiger partial charge in [0, 0.05) is 37.8 Å². The summed E-state index contributed by atoms with van der Waals surface area (Å²) in [5.41, 5.74) is 2.26. The van der Waals surface area contributed by atoms with Gasteiger partial charge >= 0.3 is 0 Å². The number of benzene rings is 1. The largest absolute Gasteiger partial charge is 0.378 e. The van der Waals surface area contributed by atoms with Crippen LogP contribution in [0.3, 0.4) is 0 Å². The van der Waals surface area contributed by atoms with Gasteiger partial charge < -0.3 is 14.5 Å². The van der Waals surface area contributed by atoms with Gasteiger partial charge in [0.2, 0.25) is 15.9 Å². The van der Waals surface area contributed by atoms with Crippen LogP contribution in [-0.4, -0.2) is 76.4 Å². The van der Waals surface area contributed by atoms with Crippen LogP contribution < -0.4 is 9.21 Å². The lowest BCUT2D eigenvalue weighted by Crippen LogP contribution is -2.47. The monoisotopic (exact) mass is 418 g/mol. The molecular formula is C20H26N4O4S. The summed E-state index contributed by atoms with van der Waals surface area (Å²) in [6, 6.07) is 7.39. The van der Waals surface area contributed by atoms with Crippen molar-refractivity contribution in [1.82, 2.24) is 9.88 Å². The molecule has 156 valence electrons. The number of aromatic nitrogens is 1. The van der Waals surface area contributed by atoms with Gasteiger partial charge in [0.25, 0.3) is 0 Å². The number of rotatable bonds is 5. The molecule has 2 saturated heterocycles. The summed E-state index contributed by atoms with van der Waals surface area (Å²) < 4.78 is 31.8. The van der Waals surface area contributed by atoms with Gasteiger partial charge in [-0.05, 0) is 37.1 Å². The summed E-state index contributed by atoms with van der Waals surface area (Å²) in [7, 11) is -3.66. The fourth-order valence-corrected chi connectivity index (χ4v) is 4.85. The third-order valence-electron chi connectivity index (χ3n) is 5.48. The van der Waals surface area contributed by atoms with Crippen LogP contribution in [0, 0.1) is 0 Å². The molecule has 2 aliphatic heterocycles. The summed E-state index contributed by atoms with van der Waals surface area (Å²) in [5, 5.41) is 0.733. The van der Waals surface area contributed by atoms with Crippen LogP contribution in [0.4, 0.5) is 11.4 Å². The van der Waals surface area contributed by atoms with Gasteiger partial charge in [0.15, 0.2) is 0 Å². The SMILES string of the molecule is CS(=O)(=O)N(CC(=O)N1CCOCC1)c1ccc(N2CCCC2)c2ncccc12. The number of morpholine rings is 1. The molecule has 4 rings (SSSR count). The molecule has 0 saturated carbocycles. The van der Waals surface area contributed by atoms with E-state index in [0.717, 1.165) is 48.8 Å². The van der Waals surface area contributed by atoms with Crippen LogP contribution in [0.1, 0.15) is 12.8 Å². The predicted molar refractivity (Wildman–Crippen MR) is 113 cm³/mol. The molecule has 1 aromatic heterocycles. The minimum Gasteiger partial charge on any atom is -0.378 e. The fourth-order valence-electron chi connectivity index (χ4n) is 3.99. The number of ether oxygens (including phenoxy) is 1. The third-order valence-corrected chi connectivity index (χ3v) is 6.61. The maximum Gasteiger partial charge on any atom is 0.243 e. The average Bonchev–Trinajstić information content (AvgIpc) is 3.26. The number of pyridine rings is 1. The predicted octanol–water partition coefficient (Wildman–Crippen LogP) is 1.46. The Hall–Kier alpha value is -2.39. The highest BCUT2D eigenvalue weighted by molar-refractivity contribution is 7.92. The molecule has 0 atom stereocenters. The van der Waals surface area contributed by atoms with Crippen molar-refractivity contribution in [3.05, 3.63) is 30.5 Å². The first-order chi connectivity index (χ1) is 13.9. The fraction of sp³-hybridized carbons (Fsp3) is 0.500. The van der Waals surface area contributed by atoms with E-state index in [1.165, 1.54) is 4.31 Å². The van der Waals surface area contributed by atoms with Crippen molar-refractivity contribution in [2.45, 2.75) is 12.8 Å².